The Labute approximate surface area is 109 Å². The number of rotatable bonds is 4. The van der Waals surface area contributed by atoms with Crippen molar-refractivity contribution in [3.8, 4) is 5.75 Å². The molecule has 0 aliphatic rings. The van der Waals surface area contributed by atoms with Gasteiger partial charge in [-0.25, -0.2) is 4.39 Å². The average molecular weight is 301 g/mol. The van der Waals surface area contributed by atoms with Crippen molar-refractivity contribution in [3.63, 3.8) is 0 Å². The maximum Gasteiger partial charge on any atom is 0.463 e. The van der Waals surface area contributed by atoms with Gasteiger partial charge in [-0.2, -0.15) is 22.0 Å². The summed E-state index contributed by atoms with van der Waals surface area (Å²) in [4.78, 5) is 11.0. The van der Waals surface area contributed by atoms with Crippen molar-refractivity contribution in [2.24, 2.45) is 0 Å². The second-order valence-electron chi connectivity index (χ2n) is 3.60. The lowest BCUT2D eigenvalue weighted by Crippen LogP contribution is -2.47. The normalized spacial score (nSPS) is 12.2. The van der Waals surface area contributed by atoms with Crippen LogP contribution in [0.2, 0.25) is 0 Å². The van der Waals surface area contributed by atoms with E-state index >= 15 is 0 Å². The van der Waals surface area contributed by atoms with Crippen LogP contribution in [-0.2, 0) is 4.79 Å². The van der Waals surface area contributed by atoms with Gasteiger partial charge in [0, 0.05) is 6.07 Å². The number of benzene rings is 1. The van der Waals surface area contributed by atoms with Crippen LogP contribution in [0.1, 0.15) is 6.92 Å². The van der Waals surface area contributed by atoms with E-state index in [1.54, 1.807) is 0 Å². The van der Waals surface area contributed by atoms with Gasteiger partial charge in [0.15, 0.2) is 0 Å². The first-order chi connectivity index (χ1) is 9.09. The summed E-state index contributed by atoms with van der Waals surface area (Å²) in [6, 6.07) is 2.36. The fraction of sp³-hybridized carbons (Fsp3) is 0.364. The van der Waals surface area contributed by atoms with Gasteiger partial charge in [0.1, 0.15) is 11.6 Å². The molecule has 1 amide bonds. The number of hydrogen-bond donors (Lipinski definition) is 1. The molecule has 0 bridgehead atoms. The monoisotopic (exact) mass is 301 g/mol. The van der Waals surface area contributed by atoms with E-state index in [2.05, 4.69) is 0 Å². The van der Waals surface area contributed by atoms with Gasteiger partial charge in [-0.15, -0.1) is 0 Å². The van der Waals surface area contributed by atoms with Crippen molar-refractivity contribution in [1.29, 1.82) is 0 Å². The molecule has 0 aromatic heterocycles. The number of alkyl halides is 5. The number of ether oxygens (including phenoxy) is 1. The highest BCUT2D eigenvalue weighted by Crippen LogP contribution is 2.37. The van der Waals surface area contributed by atoms with E-state index in [4.69, 9.17) is 4.74 Å². The van der Waals surface area contributed by atoms with Crippen molar-refractivity contribution in [1.82, 2.24) is 0 Å². The SMILES string of the molecule is CCOc1cc(F)ccc1NC(=O)C(F)(F)C(F)(F)F. The minimum Gasteiger partial charge on any atom is -0.492 e. The van der Waals surface area contributed by atoms with E-state index in [-0.39, 0.29) is 12.4 Å². The summed E-state index contributed by atoms with van der Waals surface area (Å²) in [6.07, 6.45) is -6.02. The van der Waals surface area contributed by atoms with E-state index in [1.807, 2.05) is 0 Å². The fourth-order valence-electron chi connectivity index (χ4n) is 1.20. The minimum atomic E-state index is -6.02. The maximum absolute atomic E-state index is 12.9. The zero-order valence-corrected chi connectivity index (χ0v) is 10.0. The molecule has 0 fully saturated rings. The lowest BCUT2D eigenvalue weighted by atomic mass is 10.2. The quantitative estimate of drug-likeness (QED) is 0.866. The van der Waals surface area contributed by atoms with Crippen LogP contribution >= 0.6 is 0 Å². The number of nitrogens with one attached hydrogen (secondary N) is 1. The molecule has 0 aliphatic carbocycles. The minimum absolute atomic E-state index is 0.00197. The molecule has 3 nitrogen and oxygen atoms in total. The number of amides is 1. The lowest BCUT2D eigenvalue weighted by molar-refractivity contribution is -0.267. The molecular weight excluding hydrogens is 292 g/mol. The molecule has 0 saturated carbocycles. The molecule has 1 aromatic carbocycles. The molecule has 1 N–H and O–H groups in total. The molecular formula is C11H9F6NO2. The van der Waals surface area contributed by atoms with Gasteiger partial charge in [-0.3, -0.25) is 4.79 Å². The highest BCUT2D eigenvalue weighted by molar-refractivity contribution is 5.97. The Hall–Kier alpha value is -1.93. The standard InChI is InChI=1S/C11H9F6NO2/c1-2-20-8-5-6(12)3-4-7(8)18-9(19)10(13,14)11(15,16)17/h3-5H,2H2,1H3,(H,18,19). The Morgan fingerprint density at radius 3 is 2.35 bits per heavy atom. The van der Waals surface area contributed by atoms with Gasteiger partial charge in [-0.05, 0) is 19.1 Å². The first-order valence-electron chi connectivity index (χ1n) is 5.28. The number of halogens is 6. The van der Waals surface area contributed by atoms with Gasteiger partial charge in [0.2, 0.25) is 0 Å². The average Bonchev–Trinajstić information content (AvgIpc) is 2.31. The van der Waals surface area contributed by atoms with Crippen molar-refractivity contribution in [3.05, 3.63) is 24.0 Å². The van der Waals surface area contributed by atoms with E-state index in [0.29, 0.717) is 0 Å². The summed E-state index contributed by atoms with van der Waals surface area (Å²) in [5, 5.41) is 1.37. The molecule has 0 atom stereocenters. The topological polar surface area (TPSA) is 38.3 Å². The summed E-state index contributed by atoms with van der Waals surface area (Å²) < 4.78 is 79.2. The van der Waals surface area contributed by atoms with Crippen LogP contribution in [0.25, 0.3) is 0 Å². The van der Waals surface area contributed by atoms with E-state index < -0.39 is 29.5 Å². The van der Waals surface area contributed by atoms with Crippen LogP contribution < -0.4 is 10.1 Å². The van der Waals surface area contributed by atoms with Crippen LogP contribution in [0, 0.1) is 5.82 Å². The molecule has 112 valence electrons. The van der Waals surface area contributed by atoms with E-state index in [0.717, 1.165) is 18.2 Å². The van der Waals surface area contributed by atoms with Crippen molar-refractivity contribution in [2.45, 2.75) is 19.0 Å². The summed E-state index contributed by atoms with van der Waals surface area (Å²) >= 11 is 0. The largest absolute Gasteiger partial charge is 0.492 e. The third-order valence-electron chi connectivity index (χ3n) is 2.13. The summed E-state index contributed by atoms with van der Waals surface area (Å²) in [6.45, 7) is 1.49. The third kappa shape index (κ3) is 3.34. The molecule has 0 aliphatic heterocycles. The van der Waals surface area contributed by atoms with E-state index in [9.17, 15) is 31.1 Å². The molecule has 1 aromatic rings. The van der Waals surface area contributed by atoms with Gasteiger partial charge in [-0.1, -0.05) is 0 Å². The van der Waals surface area contributed by atoms with Crippen molar-refractivity contribution >= 4 is 11.6 Å². The van der Waals surface area contributed by atoms with Gasteiger partial charge in [0.05, 0.1) is 12.3 Å². The molecule has 20 heavy (non-hydrogen) atoms. The summed E-state index contributed by atoms with van der Waals surface area (Å²) in [5.74, 6) is -9.28. The molecule has 0 unspecified atom stereocenters. The summed E-state index contributed by atoms with van der Waals surface area (Å²) in [5.41, 5.74) is -0.484. The first kappa shape index (κ1) is 16.1. The van der Waals surface area contributed by atoms with Crippen molar-refractivity contribution < 1.29 is 35.9 Å². The second kappa shape index (κ2) is 5.59. The molecule has 9 heteroatoms. The number of carbonyl (C=O) groups is 1. The molecule has 0 heterocycles. The van der Waals surface area contributed by atoms with Crippen LogP contribution in [0.4, 0.5) is 32.0 Å². The highest BCUT2D eigenvalue weighted by Gasteiger charge is 2.63. The van der Waals surface area contributed by atoms with Gasteiger partial charge < -0.3 is 10.1 Å². The maximum atomic E-state index is 12.9. The van der Waals surface area contributed by atoms with Gasteiger partial charge in [0.25, 0.3) is 0 Å². The Kier molecular flexibility index (Phi) is 4.51. The Bertz CT molecular complexity index is 500. The molecule has 0 saturated heterocycles. The van der Waals surface area contributed by atoms with Crippen LogP contribution in [0.15, 0.2) is 18.2 Å². The highest BCUT2D eigenvalue weighted by atomic mass is 19.4. The molecule has 0 radical (unpaired) electrons. The molecule has 0 spiro atoms. The van der Waals surface area contributed by atoms with Gasteiger partial charge >= 0.3 is 18.0 Å². The second-order valence-corrected chi connectivity index (χ2v) is 3.60. The Morgan fingerprint density at radius 2 is 1.85 bits per heavy atom. The number of anilines is 1. The number of hydrogen-bond acceptors (Lipinski definition) is 2. The Balaban J connectivity index is 3.02. The van der Waals surface area contributed by atoms with Crippen LogP contribution in [0.3, 0.4) is 0 Å². The molecule has 1 rings (SSSR count). The van der Waals surface area contributed by atoms with Crippen molar-refractivity contribution in [2.75, 3.05) is 11.9 Å². The smallest absolute Gasteiger partial charge is 0.463 e. The zero-order chi connectivity index (χ0) is 15.6. The van der Waals surface area contributed by atoms with E-state index in [1.165, 1.54) is 12.2 Å². The Morgan fingerprint density at radius 1 is 1.25 bits per heavy atom. The van der Waals surface area contributed by atoms with Crippen LogP contribution in [-0.4, -0.2) is 24.6 Å². The zero-order valence-electron chi connectivity index (χ0n) is 10.0. The predicted molar refractivity (Wildman–Crippen MR) is 57.2 cm³/mol. The first-order valence-corrected chi connectivity index (χ1v) is 5.28. The number of carbonyl (C=O) groups excluding carboxylic acids is 1. The summed E-state index contributed by atoms with van der Waals surface area (Å²) in [7, 11) is 0. The fourth-order valence-corrected chi connectivity index (χ4v) is 1.20. The third-order valence-corrected chi connectivity index (χ3v) is 2.13. The van der Waals surface area contributed by atoms with Crippen LogP contribution in [0.5, 0.6) is 5.75 Å². The lowest BCUT2D eigenvalue weighted by Gasteiger charge is -2.19. The predicted octanol–water partition coefficient (Wildman–Crippen LogP) is 3.36.